The average Bonchev–Trinajstić information content (AvgIpc) is 2.68. The Hall–Kier alpha value is -1.04. The summed E-state index contributed by atoms with van der Waals surface area (Å²) in [7, 11) is 0. The zero-order chi connectivity index (χ0) is 7.52. The van der Waals surface area contributed by atoms with Gasteiger partial charge in [-0.2, -0.15) is 0 Å². The molecular formula is C10H10O. The maximum absolute atomic E-state index is 5.17. The molecule has 0 radical (unpaired) electrons. The van der Waals surface area contributed by atoms with Gasteiger partial charge in [-0.1, -0.05) is 12.2 Å². The topological polar surface area (TPSA) is 12.5 Å². The lowest BCUT2D eigenvalue weighted by atomic mass is 10.1. The molecule has 0 aromatic heterocycles. The minimum Gasteiger partial charge on any atom is -0.368 e. The van der Waals surface area contributed by atoms with Gasteiger partial charge in [0, 0.05) is 0 Å². The van der Waals surface area contributed by atoms with E-state index in [-0.39, 0.29) is 0 Å². The van der Waals surface area contributed by atoms with Gasteiger partial charge in [-0.25, -0.2) is 0 Å². The summed E-state index contributed by atoms with van der Waals surface area (Å²) in [5, 5.41) is 0. The van der Waals surface area contributed by atoms with Crippen molar-refractivity contribution in [1.82, 2.24) is 0 Å². The number of hydrogen-bond donors (Lipinski definition) is 0. The lowest BCUT2D eigenvalue weighted by molar-refractivity contribution is 0.434. The van der Waals surface area contributed by atoms with E-state index in [2.05, 4.69) is 24.0 Å². The predicted molar refractivity (Wildman–Crippen MR) is 44.2 cm³/mol. The van der Waals surface area contributed by atoms with Gasteiger partial charge in [0.15, 0.2) is 0 Å². The van der Waals surface area contributed by atoms with E-state index in [0.717, 1.165) is 13.0 Å². The fourth-order valence-electron chi connectivity index (χ4n) is 1.06. The molecule has 1 nitrogen and oxygen atoms in total. The SMILES string of the molecule is C1=CC=C(C2CO2)C=CCC=1. The Bertz CT molecular complexity index is 261. The van der Waals surface area contributed by atoms with Crippen LogP contribution in [0.1, 0.15) is 6.42 Å². The van der Waals surface area contributed by atoms with Gasteiger partial charge in [-0.05, 0) is 30.2 Å². The van der Waals surface area contributed by atoms with Crippen LogP contribution in [0.25, 0.3) is 0 Å². The highest BCUT2D eigenvalue weighted by atomic mass is 16.6. The van der Waals surface area contributed by atoms with Crippen LogP contribution in [0, 0.1) is 0 Å². The van der Waals surface area contributed by atoms with E-state index in [4.69, 9.17) is 4.74 Å². The smallest absolute Gasteiger partial charge is 0.106 e. The molecule has 0 bridgehead atoms. The number of hydrogen-bond acceptors (Lipinski definition) is 1. The van der Waals surface area contributed by atoms with E-state index in [1.165, 1.54) is 5.57 Å². The van der Waals surface area contributed by atoms with Crippen molar-refractivity contribution < 1.29 is 4.74 Å². The minimum atomic E-state index is 0.363. The molecule has 1 aliphatic carbocycles. The van der Waals surface area contributed by atoms with Crippen LogP contribution in [0.5, 0.6) is 0 Å². The van der Waals surface area contributed by atoms with Crippen LogP contribution in [0.4, 0.5) is 0 Å². The van der Waals surface area contributed by atoms with E-state index in [0.29, 0.717) is 6.10 Å². The second kappa shape index (κ2) is 2.91. The van der Waals surface area contributed by atoms with Crippen molar-refractivity contribution in [3.8, 4) is 0 Å². The van der Waals surface area contributed by atoms with Crippen LogP contribution in [-0.2, 0) is 4.74 Å². The Labute approximate surface area is 66.4 Å². The molecule has 0 N–H and O–H groups in total. The Kier molecular flexibility index (Phi) is 1.76. The third-order valence-electron chi connectivity index (χ3n) is 1.76. The molecule has 0 aromatic carbocycles. The number of rotatable bonds is 1. The van der Waals surface area contributed by atoms with Crippen LogP contribution >= 0.6 is 0 Å². The van der Waals surface area contributed by atoms with Crippen LogP contribution in [0.15, 0.2) is 41.7 Å². The van der Waals surface area contributed by atoms with Crippen LogP contribution in [-0.4, -0.2) is 12.7 Å². The highest BCUT2D eigenvalue weighted by Crippen LogP contribution is 2.21. The van der Waals surface area contributed by atoms with Crippen molar-refractivity contribution >= 4 is 0 Å². The van der Waals surface area contributed by atoms with Crippen molar-refractivity contribution in [2.24, 2.45) is 0 Å². The van der Waals surface area contributed by atoms with Gasteiger partial charge in [0.25, 0.3) is 0 Å². The van der Waals surface area contributed by atoms with E-state index < -0.39 is 0 Å². The van der Waals surface area contributed by atoms with Gasteiger partial charge in [-0.15, -0.1) is 5.73 Å². The molecule has 1 heterocycles. The molecule has 0 amide bonds. The van der Waals surface area contributed by atoms with Gasteiger partial charge in [0.05, 0.1) is 6.61 Å². The molecule has 1 saturated heterocycles. The molecule has 56 valence electrons. The quantitative estimate of drug-likeness (QED) is 0.407. The number of allylic oxidation sites excluding steroid dienone is 3. The summed E-state index contributed by atoms with van der Waals surface area (Å²) >= 11 is 0. The van der Waals surface area contributed by atoms with Gasteiger partial charge in [0.1, 0.15) is 6.10 Å². The third-order valence-corrected chi connectivity index (χ3v) is 1.76. The molecule has 0 saturated carbocycles. The lowest BCUT2D eigenvalue weighted by Crippen LogP contribution is -1.87. The molecule has 1 heteroatoms. The van der Waals surface area contributed by atoms with Crippen molar-refractivity contribution in [2.75, 3.05) is 6.61 Å². The zero-order valence-electron chi connectivity index (χ0n) is 6.29. The second-order valence-corrected chi connectivity index (χ2v) is 2.66. The summed E-state index contributed by atoms with van der Waals surface area (Å²) in [6.45, 7) is 0.883. The van der Waals surface area contributed by atoms with Gasteiger partial charge < -0.3 is 4.74 Å². The molecule has 1 unspecified atom stereocenters. The highest BCUT2D eigenvalue weighted by molar-refractivity contribution is 5.31. The van der Waals surface area contributed by atoms with E-state index in [1.807, 2.05) is 12.2 Å². The van der Waals surface area contributed by atoms with Gasteiger partial charge in [0.2, 0.25) is 0 Å². The Morgan fingerprint density at radius 3 is 3.27 bits per heavy atom. The minimum absolute atomic E-state index is 0.363. The van der Waals surface area contributed by atoms with E-state index >= 15 is 0 Å². The standard InChI is InChI=1S/C10H10O/c1-2-4-6-9(7-5-3-1)10-8-11-10/h1,4-7,10H,2,8H2. The Morgan fingerprint density at radius 1 is 1.55 bits per heavy atom. The first-order valence-corrected chi connectivity index (χ1v) is 3.86. The number of ether oxygens (including phenoxy) is 1. The predicted octanol–water partition coefficient (Wildman–Crippen LogP) is 1.98. The molecular weight excluding hydrogens is 136 g/mol. The second-order valence-electron chi connectivity index (χ2n) is 2.66. The largest absolute Gasteiger partial charge is 0.368 e. The first-order valence-electron chi connectivity index (χ1n) is 3.86. The Balaban J connectivity index is 2.20. The molecule has 2 rings (SSSR count). The summed E-state index contributed by atoms with van der Waals surface area (Å²) < 4.78 is 5.17. The monoisotopic (exact) mass is 146 g/mol. The maximum Gasteiger partial charge on any atom is 0.106 e. The fourth-order valence-corrected chi connectivity index (χ4v) is 1.06. The summed E-state index contributed by atoms with van der Waals surface area (Å²) in [6, 6.07) is 0. The molecule has 2 aliphatic rings. The van der Waals surface area contributed by atoms with Crippen LogP contribution in [0.2, 0.25) is 0 Å². The molecule has 1 aliphatic heterocycles. The molecule has 11 heavy (non-hydrogen) atoms. The Morgan fingerprint density at radius 2 is 2.45 bits per heavy atom. The number of epoxide rings is 1. The first kappa shape index (κ1) is 6.66. The summed E-state index contributed by atoms with van der Waals surface area (Å²) in [6.07, 6.45) is 11.6. The zero-order valence-corrected chi connectivity index (χ0v) is 6.29. The van der Waals surface area contributed by atoms with Crippen molar-refractivity contribution in [3.63, 3.8) is 0 Å². The lowest BCUT2D eigenvalue weighted by Gasteiger charge is -1.93. The van der Waals surface area contributed by atoms with Gasteiger partial charge >= 0.3 is 0 Å². The third kappa shape index (κ3) is 1.70. The molecule has 0 spiro atoms. The average molecular weight is 146 g/mol. The summed E-state index contributed by atoms with van der Waals surface area (Å²) in [5.41, 5.74) is 4.34. The summed E-state index contributed by atoms with van der Waals surface area (Å²) in [4.78, 5) is 0. The first-order chi connectivity index (χ1) is 5.47. The summed E-state index contributed by atoms with van der Waals surface area (Å²) in [5.74, 6) is 0. The highest BCUT2D eigenvalue weighted by Gasteiger charge is 2.24. The van der Waals surface area contributed by atoms with Crippen molar-refractivity contribution in [2.45, 2.75) is 12.5 Å². The van der Waals surface area contributed by atoms with Crippen LogP contribution in [0.3, 0.4) is 0 Å². The maximum atomic E-state index is 5.17. The van der Waals surface area contributed by atoms with Crippen molar-refractivity contribution in [3.05, 3.63) is 41.7 Å². The van der Waals surface area contributed by atoms with E-state index in [9.17, 15) is 0 Å². The van der Waals surface area contributed by atoms with Gasteiger partial charge in [-0.3, -0.25) is 0 Å². The molecule has 1 atom stereocenters. The van der Waals surface area contributed by atoms with E-state index in [1.54, 1.807) is 0 Å². The molecule has 1 fully saturated rings. The van der Waals surface area contributed by atoms with Crippen LogP contribution < -0.4 is 0 Å². The molecule has 0 aromatic rings. The normalized spacial score (nSPS) is 27.6. The van der Waals surface area contributed by atoms with Crippen molar-refractivity contribution in [1.29, 1.82) is 0 Å². The fraction of sp³-hybridized carbons (Fsp3) is 0.300.